The number of carbonyl (C=O) groups is 1. The molecule has 1 aliphatic rings. The highest BCUT2D eigenvalue weighted by atomic mass is 32.1. The quantitative estimate of drug-likeness (QED) is 0.933. The van der Waals surface area contributed by atoms with E-state index in [4.69, 9.17) is 5.73 Å². The summed E-state index contributed by atoms with van der Waals surface area (Å²) in [7, 11) is 0. The van der Waals surface area contributed by atoms with Crippen LogP contribution < -0.4 is 10.6 Å². The SMILES string of the molecule is Cc1csc(N2CCCN([C@@H](C(N)=O)c3ccccc3)CC2)n1. The van der Waals surface area contributed by atoms with Crippen molar-refractivity contribution in [3.05, 3.63) is 47.0 Å². The number of benzene rings is 1. The van der Waals surface area contributed by atoms with Gasteiger partial charge in [-0.3, -0.25) is 9.69 Å². The van der Waals surface area contributed by atoms with Gasteiger partial charge >= 0.3 is 0 Å². The summed E-state index contributed by atoms with van der Waals surface area (Å²) in [5, 5.41) is 3.15. The van der Waals surface area contributed by atoms with Crippen molar-refractivity contribution in [1.29, 1.82) is 0 Å². The molecule has 0 unspecified atom stereocenters. The summed E-state index contributed by atoms with van der Waals surface area (Å²) >= 11 is 1.68. The normalized spacial score (nSPS) is 17.7. The zero-order chi connectivity index (χ0) is 16.2. The lowest BCUT2D eigenvalue weighted by atomic mass is 10.0. The van der Waals surface area contributed by atoms with Gasteiger partial charge in [0.15, 0.2) is 5.13 Å². The highest BCUT2D eigenvalue weighted by Gasteiger charge is 2.28. The number of primary amides is 1. The molecule has 1 aromatic carbocycles. The summed E-state index contributed by atoms with van der Waals surface area (Å²) in [5.74, 6) is -0.283. The van der Waals surface area contributed by atoms with Crippen molar-refractivity contribution in [2.24, 2.45) is 5.73 Å². The Hall–Kier alpha value is -1.92. The molecule has 0 radical (unpaired) electrons. The van der Waals surface area contributed by atoms with Gasteiger partial charge < -0.3 is 10.6 Å². The monoisotopic (exact) mass is 330 g/mol. The molecule has 2 N–H and O–H groups in total. The summed E-state index contributed by atoms with van der Waals surface area (Å²) in [6, 6.07) is 9.46. The van der Waals surface area contributed by atoms with E-state index in [9.17, 15) is 4.79 Å². The highest BCUT2D eigenvalue weighted by molar-refractivity contribution is 7.13. The summed E-state index contributed by atoms with van der Waals surface area (Å²) < 4.78 is 0. The van der Waals surface area contributed by atoms with E-state index in [0.29, 0.717) is 0 Å². The fourth-order valence-corrected chi connectivity index (χ4v) is 3.92. The van der Waals surface area contributed by atoms with E-state index in [1.165, 1.54) is 0 Å². The topological polar surface area (TPSA) is 62.5 Å². The first-order chi connectivity index (χ1) is 11.1. The van der Waals surface area contributed by atoms with Crippen molar-refractivity contribution in [2.75, 3.05) is 31.1 Å². The maximum atomic E-state index is 12.0. The molecular formula is C17H22N4OS. The van der Waals surface area contributed by atoms with Crippen LogP contribution in [0, 0.1) is 6.92 Å². The maximum Gasteiger partial charge on any atom is 0.239 e. The van der Waals surface area contributed by atoms with Gasteiger partial charge in [-0.1, -0.05) is 30.3 Å². The van der Waals surface area contributed by atoms with Gasteiger partial charge in [-0.05, 0) is 18.9 Å². The number of hydrogen-bond donors (Lipinski definition) is 1. The number of nitrogens with two attached hydrogens (primary N) is 1. The van der Waals surface area contributed by atoms with Gasteiger partial charge in [0.2, 0.25) is 5.91 Å². The van der Waals surface area contributed by atoms with Crippen LogP contribution in [0.15, 0.2) is 35.7 Å². The molecule has 2 aromatic rings. The third-order valence-corrected chi connectivity index (χ3v) is 5.18. The van der Waals surface area contributed by atoms with Crippen molar-refractivity contribution in [3.63, 3.8) is 0 Å². The standard InChI is InChI=1S/C17H22N4OS/c1-13-12-23-17(19-13)21-9-5-8-20(10-11-21)15(16(18)22)14-6-3-2-4-7-14/h2-4,6-7,12,15H,5,8-11H2,1H3,(H2,18,22)/t15-/m1/s1. The Morgan fingerprint density at radius 3 is 2.65 bits per heavy atom. The Labute approximate surface area is 140 Å². The number of aromatic nitrogens is 1. The zero-order valence-corrected chi connectivity index (χ0v) is 14.1. The van der Waals surface area contributed by atoms with Gasteiger partial charge in [-0.25, -0.2) is 4.98 Å². The van der Waals surface area contributed by atoms with Crippen LogP contribution in [0.5, 0.6) is 0 Å². The minimum Gasteiger partial charge on any atom is -0.368 e. The Kier molecular flexibility index (Phi) is 4.93. The van der Waals surface area contributed by atoms with Gasteiger partial charge in [-0.2, -0.15) is 0 Å². The number of nitrogens with zero attached hydrogens (tertiary/aromatic N) is 3. The molecule has 122 valence electrons. The first-order valence-corrected chi connectivity index (χ1v) is 8.78. The van der Waals surface area contributed by atoms with Crippen LogP contribution in [0.3, 0.4) is 0 Å². The molecule has 3 rings (SSSR count). The summed E-state index contributed by atoms with van der Waals surface area (Å²) in [6.45, 7) is 5.51. The molecule has 1 fully saturated rings. The molecule has 1 amide bonds. The van der Waals surface area contributed by atoms with Crippen molar-refractivity contribution in [2.45, 2.75) is 19.4 Å². The molecule has 1 aliphatic heterocycles. The first-order valence-electron chi connectivity index (χ1n) is 7.90. The fourth-order valence-electron chi connectivity index (χ4n) is 3.06. The number of rotatable bonds is 4. The van der Waals surface area contributed by atoms with E-state index >= 15 is 0 Å². The van der Waals surface area contributed by atoms with Crippen LogP contribution in [0.25, 0.3) is 0 Å². The lowest BCUT2D eigenvalue weighted by Gasteiger charge is -2.28. The lowest BCUT2D eigenvalue weighted by molar-refractivity contribution is -0.123. The van der Waals surface area contributed by atoms with Crippen molar-refractivity contribution < 1.29 is 4.79 Å². The van der Waals surface area contributed by atoms with Gasteiger partial charge in [0.05, 0.1) is 5.69 Å². The average molecular weight is 330 g/mol. The predicted octanol–water partition coefficient (Wildman–Crippen LogP) is 2.19. The smallest absolute Gasteiger partial charge is 0.239 e. The summed E-state index contributed by atoms with van der Waals surface area (Å²) in [5.41, 5.74) is 7.73. The second-order valence-electron chi connectivity index (χ2n) is 5.86. The Balaban J connectivity index is 1.74. The number of amides is 1. The fraction of sp³-hybridized carbons (Fsp3) is 0.412. The van der Waals surface area contributed by atoms with Crippen LogP contribution in [-0.4, -0.2) is 42.0 Å². The van der Waals surface area contributed by atoms with E-state index in [1.54, 1.807) is 11.3 Å². The summed E-state index contributed by atoms with van der Waals surface area (Å²) in [4.78, 5) is 21.1. The van der Waals surface area contributed by atoms with Gasteiger partial charge in [0.1, 0.15) is 6.04 Å². The second-order valence-corrected chi connectivity index (χ2v) is 6.70. The second kappa shape index (κ2) is 7.10. The van der Waals surface area contributed by atoms with Crippen LogP contribution in [-0.2, 0) is 4.79 Å². The molecule has 5 nitrogen and oxygen atoms in total. The predicted molar refractivity (Wildman–Crippen MR) is 93.6 cm³/mol. The molecule has 0 spiro atoms. The van der Waals surface area contributed by atoms with Crippen LogP contribution in [0.4, 0.5) is 5.13 Å². The number of hydrogen-bond acceptors (Lipinski definition) is 5. The zero-order valence-electron chi connectivity index (χ0n) is 13.3. The molecule has 6 heteroatoms. The van der Waals surface area contributed by atoms with E-state index in [1.807, 2.05) is 37.3 Å². The van der Waals surface area contributed by atoms with E-state index in [0.717, 1.165) is 49.0 Å². The third-order valence-electron chi connectivity index (χ3n) is 4.16. The molecule has 1 atom stereocenters. The summed E-state index contributed by atoms with van der Waals surface area (Å²) in [6.07, 6.45) is 0.995. The van der Waals surface area contributed by atoms with Gasteiger partial charge in [0, 0.05) is 31.6 Å². The minimum absolute atomic E-state index is 0.283. The Bertz CT molecular complexity index is 658. The number of carbonyl (C=O) groups excluding carboxylic acids is 1. The van der Waals surface area contributed by atoms with E-state index in [-0.39, 0.29) is 11.9 Å². The largest absolute Gasteiger partial charge is 0.368 e. The minimum atomic E-state index is -0.353. The molecular weight excluding hydrogens is 308 g/mol. The molecule has 2 heterocycles. The molecule has 23 heavy (non-hydrogen) atoms. The maximum absolute atomic E-state index is 12.0. The van der Waals surface area contributed by atoms with E-state index < -0.39 is 0 Å². The van der Waals surface area contributed by atoms with Crippen molar-refractivity contribution in [3.8, 4) is 0 Å². The van der Waals surface area contributed by atoms with Gasteiger partial charge in [0.25, 0.3) is 0 Å². The van der Waals surface area contributed by atoms with Gasteiger partial charge in [-0.15, -0.1) is 11.3 Å². The molecule has 0 bridgehead atoms. The molecule has 1 saturated heterocycles. The number of aryl methyl sites for hydroxylation is 1. The Morgan fingerprint density at radius 2 is 2.00 bits per heavy atom. The number of thiazole rings is 1. The third kappa shape index (κ3) is 3.71. The lowest BCUT2D eigenvalue weighted by Crippen LogP contribution is -2.40. The molecule has 1 aromatic heterocycles. The van der Waals surface area contributed by atoms with Crippen LogP contribution >= 0.6 is 11.3 Å². The number of anilines is 1. The average Bonchev–Trinajstić information content (AvgIpc) is 2.83. The highest BCUT2D eigenvalue weighted by Crippen LogP contribution is 2.25. The van der Waals surface area contributed by atoms with Crippen molar-refractivity contribution >= 4 is 22.4 Å². The van der Waals surface area contributed by atoms with E-state index in [2.05, 4.69) is 20.2 Å². The molecule has 0 saturated carbocycles. The van der Waals surface area contributed by atoms with Crippen LogP contribution in [0.1, 0.15) is 23.7 Å². The van der Waals surface area contributed by atoms with Crippen LogP contribution in [0.2, 0.25) is 0 Å². The Morgan fingerprint density at radius 1 is 1.22 bits per heavy atom. The first kappa shape index (κ1) is 16.0. The van der Waals surface area contributed by atoms with Crippen molar-refractivity contribution in [1.82, 2.24) is 9.88 Å². The molecule has 0 aliphatic carbocycles.